The Labute approximate surface area is 103 Å². The predicted molar refractivity (Wildman–Crippen MR) is 64.0 cm³/mol. The second-order valence-corrected chi connectivity index (χ2v) is 3.65. The van der Waals surface area contributed by atoms with Gasteiger partial charge in [-0.1, -0.05) is 0 Å². The zero-order valence-corrected chi connectivity index (χ0v) is 10.5. The summed E-state index contributed by atoms with van der Waals surface area (Å²) in [7, 11) is 1.64. The minimum atomic E-state index is 0. The van der Waals surface area contributed by atoms with E-state index in [1.165, 1.54) is 0 Å². The Morgan fingerprint density at radius 2 is 2.38 bits per heavy atom. The molecule has 1 saturated heterocycles. The lowest BCUT2D eigenvalue weighted by molar-refractivity contribution is -0.121. The highest BCUT2D eigenvalue weighted by molar-refractivity contribution is 5.85. The van der Waals surface area contributed by atoms with E-state index in [4.69, 9.17) is 9.47 Å². The maximum absolute atomic E-state index is 11.4. The molecule has 1 atom stereocenters. The molecule has 1 unspecified atom stereocenters. The van der Waals surface area contributed by atoms with Crippen molar-refractivity contribution in [3.8, 4) is 0 Å². The second-order valence-electron chi connectivity index (χ2n) is 3.65. The first-order valence-corrected chi connectivity index (χ1v) is 5.39. The van der Waals surface area contributed by atoms with E-state index in [1.54, 1.807) is 7.11 Å². The molecule has 0 aromatic carbocycles. The zero-order valence-electron chi connectivity index (χ0n) is 9.66. The van der Waals surface area contributed by atoms with E-state index in [9.17, 15) is 4.79 Å². The molecule has 96 valence electrons. The van der Waals surface area contributed by atoms with Crippen LogP contribution in [0, 0.1) is 0 Å². The molecule has 0 spiro atoms. The first kappa shape index (κ1) is 15.6. The van der Waals surface area contributed by atoms with Crippen LogP contribution in [0.4, 0.5) is 0 Å². The van der Waals surface area contributed by atoms with Crippen LogP contribution in [0.2, 0.25) is 0 Å². The minimum Gasteiger partial charge on any atom is -0.383 e. The summed E-state index contributed by atoms with van der Waals surface area (Å²) >= 11 is 0. The molecule has 1 rings (SSSR count). The molecule has 0 aliphatic carbocycles. The summed E-state index contributed by atoms with van der Waals surface area (Å²) in [5, 5.41) is 5.93. The summed E-state index contributed by atoms with van der Waals surface area (Å²) < 4.78 is 10.1. The number of halogens is 1. The van der Waals surface area contributed by atoms with Gasteiger partial charge < -0.3 is 20.1 Å². The summed E-state index contributed by atoms with van der Waals surface area (Å²) in [5.74, 6) is 0.0293. The van der Waals surface area contributed by atoms with Gasteiger partial charge in [-0.3, -0.25) is 4.79 Å². The topological polar surface area (TPSA) is 59.6 Å². The van der Waals surface area contributed by atoms with Gasteiger partial charge in [-0.05, 0) is 12.8 Å². The molecule has 0 radical (unpaired) electrons. The van der Waals surface area contributed by atoms with Gasteiger partial charge in [0.05, 0.1) is 25.8 Å². The number of methoxy groups -OCH3 is 1. The highest BCUT2D eigenvalue weighted by Gasteiger charge is 2.15. The fourth-order valence-corrected chi connectivity index (χ4v) is 1.51. The molecule has 6 heteroatoms. The van der Waals surface area contributed by atoms with Crippen LogP contribution in [0.25, 0.3) is 0 Å². The monoisotopic (exact) mass is 252 g/mol. The Hall–Kier alpha value is -0.360. The van der Waals surface area contributed by atoms with E-state index < -0.39 is 0 Å². The van der Waals surface area contributed by atoms with Crippen molar-refractivity contribution < 1.29 is 14.3 Å². The Kier molecular flexibility index (Phi) is 9.62. The quantitative estimate of drug-likeness (QED) is 0.651. The fraction of sp³-hybridized carbons (Fsp3) is 0.900. The molecular weight excluding hydrogens is 232 g/mol. The van der Waals surface area contributed by atoms with Gasteiger partial charge in [0.2, 0.25) is 5.91 Å². The molecule has 0 aromatic rings. The van der Waals surface area contributed by atoms with Gasteiger partial charge in [-0.15, -0.1) is 12.4 Å². The van der Waals surface area contributed by atoms with Crippen LogP contribution in [0.3, 0.4) is 0 Å². The first-order chi connectivity index (χ1) is 7.33. The van der Waals surface area contributed by atoms with Crippen molar-refractivity contribution in [3.05, 3.63) is 0 Å². The molecule has 2 N–H and O–H groups in total. The molecule has 1 aliphatic heterocycles. The van der Waals surface area contributed by atoms with E-state index in [0.717, 1.165) is 19.4 Å². The number of nitrogens with one attached hydrogen (secondary N) is 2. The van der Waals surface area contributed by atoms with Crippen molar-refractivity contribution >= 4 is 18.3 Å². The van der Waals surface area contributed by atoms with Crippen molar-refractivity contribution in [2.75, 3.05) is 40.0 Å². The van der Waals surface area contributed by atoms with Gasteiger partial charge in [0.1, 0.15) is 0 Å². The number of carbonyl (C=O) groups excluding carboxylic acids is 1. The van der Waals surface area contributed by atoms with Gasteiger partial charge >= 0.3 is 0 Å². The van der Waals surface area contributed by atoms with Crippen LogP contribution in [0.15, 0.2) is 0 Å². The van der Waals surface area contributed by atoms with E-state index in [0.29, 0.717) is 26.3 Å². The molecule has 1 fully saturated rings. The highest BCUT2D eigenvalue weighted by atomic mass is 35.5. The SMILES string of the molecule is COCCNCC(=O)NC1CCCOC1.Cl. The molecule has 16 heavy (non-hydrogen) atoms. The van der Waals surface area contributed by atoms with E-state index in [1.807, 2.05) is 0 Å². The average Bonchev–Trinajstić information content (AvgIpc) is 2.26. The van der Waals surface area contributed by atoms with Gasteiger partial charge in [0.15, 0.2) is 0 Å². The first-order valence-electron chi connectivity index (χ1n) is 5.39. The maximum atomic E-state index is 11.4. The van der Waals surface area contributed by atoms with Gasteiger partial charge in [-0.2, -0.15) is 0 Å². The lowest BCUT2D eigenvalue weighted by atomic mass is 10.1. The second kappa shape index (κ2) is 9.84. The van der Waals surface area contributed by atoms with Crippen LogP contribution in [-0.2, 0) is 14.3 Å². The Morgan fingerprint density at radius 1 is 1.56 bits per heavy atom. The highest BCUT2D eigenvalue weighted by Crippen LogP contribution is 2.04. The smallest absolute Gasteiger partial charge is 0.234 e. The Bertz CT molecular complexity index is 187. The van der Waals surface area contributed by atoms with Crippen molar-refractivity contribution in [1.29, 1.82) is 0 Å². The summed E-state index contributed by atoms with van der Waals surface area (Å²) in [5.41, 5.74) is 0. The average molecular weight is 253 g/mol. The molecule has 0 aromatic heterocycles. The molecule has 1 amide bonds. The lowest BCUT2D eigenvalue weighted by Gasteiger charge is -2.23. The summed E-state index contributed by atoms with van der Waals surface area (Å²) in [6, 6.07) is 0.190. The van der Waals surface area contributed by atoms with E-state index in [-0.39, 0.29) is 24.4 Å². The van der Waals surface area contributed by atoms with Crippen molar-refractivity contribution in [2.45, 2.75) is 18.9 Å². The maximum Gasteiger partial charge on any atom is 0.234 e. The predicted octanol–water partition coefficient (Wildman–Crippen LogP) is -0.0606. The van der Waals surface area contributed by atoms with E-state index in [2.05, 4.69) is 10.6 Å². The third-order valence-electron chi connectivity index (χ3n) is 2.29. The molecule has 0 saturated carbocycles. The molecular formula is C10H21ClN2O3. The fourth-order valence-electron chi connectivity index (χ4n) is 1.51. The van der Waals surface area contributed by atoms with Gasteiger partial charge in [-0.25, -0.2) is 0 Å². The standard InChI is InChI=1S/C10H20N2O3.ClH/c1-14-6-4-11-7-10(13)12-9-3-2-5-15-8-9;/h9,11H,2-8H2,1H3,(H,12,13);1H. The number of ether oxygens (including phenoxy) is 2. The molecule has 1 heterocycles. The third kappa shape index (κ3) is 7.00. The van der Waals surface area contributed by atoms with Crippen molar-refractivity contribution in [3.63, 3.8) is 0 Å². The number of carbonyl (C=O) groups is 1. The third-order valence-corrected chi connectivity index (χ3v) is 2.29. The minimum absolute atomic E-state index is 0. The Morgan fingerprint density at radius 3 is 3.00 bits per heavy atom. The summed E-state index contributed by atoms with van der Waals surface area (Å²) in [4.78, 5) is 11.4. The zero-order chi connectivity index (χ0) is 10.9. The number of rotatable bonds is 6. The number of amides is 1. The van der Waals surface area contributed by atoms with Crippen molar-refractivity contribution in [2.24, 2.45) is 0 Å². The molecule has 0 bridgehead atoms. The largest absolute Gasteiger partial charge is 0.383 e. The van der Waals surface area contributed by atoms with E-state index >= 15 is 0 Å². The lowest BCUT2D eigenvalue weighted by Crippen LogP contribution is -2.44. The molecule has 1 aliphatic rings. The van der Waals surface area contributed by atoms with Crippen LogP contribution < -0.4 is 10.6 Å². The Balaban J connectivity index is 0.00000225. The summed E-state index contributed by atoms with van der Waals surface area (Å²) in [6.45, 7) is 3.13. The van der Waals surface area contributed by atoms with Crippen molar-refractivity contribution in [1.82, 2.24) is 10.6 Å². The number of hydrogen-bond donors (Lipinski definition) is 2. The van der Waals surface area contributed by atoms with Crippen LogP contribution in [0.5, 0.6) is 0 Å². The molecule has 5 nitrogen and oxygen atoms in total. The normalized spacial score (nSPS) is 19.9. The summed E-state index contributed by atoms with van der Waals surface area (Å²) in [6.07, 6.45) is 2.05. The van der Waals surface area contributed by atoms with Gasteiger partial charge in [0, 0.05) is 20.3 Å². The van der Waals surface area contributed by atoms with Crippen LogP contribution >= 0.6 is 12.4 Å². The van der Waals surface area contributed by atoms with Gasteiger partial charge in [0.25, 0.3) is 0 Å². The van der Waals surface area contributed by atoms with Crippen LogP contribution in [0.1, 0.15) is 12.8 Å². The number of hydrogen-bond acceptors (Lipinski definition) is 4. The van der Waals surface area contributed by atoms with Crippen LogP contribution in [-0.4, -0.2) is 52.0 Å².